The quantitative estimate of drug-likeness (QED) is 0.597. The molecule has 13 heavy (non-hydrogen) atoms. The number of nitrogens with two attached hydrogens (primary N) is 1. The number of hydrogen-bond donors (Lipinski definition) is 2. The smallest absolute Gasteiger partial charge is 0.406 e. The van der Waals surface area contributed by atoms with Crippen LogP contribution in [-0.2, 0) is 0 Å². The fourth-order valence-electron chi connectivity index (χ4n) is 1.45. The van der Waals surface area contributed by atoms with Crippen molar-refractivity contribution in [3.05, 3.63) is 27.7 Å². The Morgan fingerprint density at radius 2 is 2.08 bits per heavy atom. The molecule has 3 N–H and O–H groups in total. The lowest BCUT2D eigenvalue weighted by Gasteiger charge is -2.01. The van der Waals surface area contributed by atoms with Crippen LogP contribution in [0.1, 0.15) is 11.1 Å². The topological polar surface area (TPSA) is 72.0 Å². The molecule has 0 atom stereocenters. The Morgan fingerprint density at radius 3 is 2.77 bits per heavy atom. The molecule has 2 rings (SSSR count). The standard InChI is InChI=1S/C9H10N2O2/c1-4-3-5(2)7-8(6(4)10)13-9(12)11-7/h3H,10H2,1-2H3,(H,11,12). The van der Waals surface area contributed by atoms with E-state index in [0.717, 1.165) is 11.1 Å². The number of aryl methyl sites for hydroxylation is 2. The van der Waals surface area contributed by atoms with Crippen LogP contribution in [0.5, 0.6) is 0 Å². The van der Waals surface area contributed by atoms with E-state index in [1.165, 1.54) is 0 Å². The molecule has 0 saturated carbocycles. The highest BCUT2D eigenvalue weighted by Crippen LogP contribution is 2.24. The van der Waals surface area contributed by atoms with E-state index in [2.05, 4.69) is 4.98 Å². The van der Waals surface area contributed by atoms with Gasteiger partial charge in [-0.25, -0.2) is 4.79 Å². The van der Waals surface area contributed by atoms with Gasteiger partial charge in [0.1, 0.15) is 0 Å². The van der Waals surface area contributed by atoms with E-state index in [1.54, 1.807) is 0 Å². The molecule has 0 aliphatic rings. The summed E-state index contributed by atoms with van der Waals surface area (Å²) in [5.74, 6) is -0.463. The van der Waals surface area contributed by atoms with Crippen LogP contribution in [0.15, 0.2) is 15.3 Å². The normalized spacial score (nSPS) is 10.9. The number of fused-ring (bicyclic) bond motifs is 1. The second kappa shape index (κ2) is 2.39. The van der Waals surface area contributed by atoms with Crippen molar-refractivity contribution in [1.29, 1.82) is 0 Å². The zero-order chi connectivity index (χ0) is 9.59. The number of aromatic nitrogens is 1. The number of rotatable bonds is 0. The number of aromatic amines is 1. The summed E-state index contributed by atoms with van der Waals surface area (Å²) in [5.41, 5.74) is 9.31. The highest BCUT2D eigenvalue weighted by atomic mass is 16.4. The summed E-state index contributed by atoms with van der Waals surface area (Å²) in [4.78, 5) is 13.5. The van der Waals surface area contributed by atoms with Gasteiger partial charge in [0, 0.05) is 0 Å². The summed E-state index contributed by atoms with van der Waals surface area (Å²) >= 11 is 0. The molecule has 0 spiro atoms. The maximum absolute atomic E-state index is 10.9. The molecule has 0 saturated heterocycles. The van der Waals surface area contributed by atoms with Crippen LogP contribution in [0, 0.1) is 13.8 Å². The van der Waals surface area contributed by atoms with E-state index in [1.807, 2.05) is 19.9 Å². The Kier molecular flexibility index (Phi) is 1.45. The molecule has 0 bridgehead atoms. The van der Waals surface area contributed by atoms with Crippen molar-refractivity contribution in [3.63, 3.8) is 0 Å². The summed E-state index contributed by atoms with van der Waals surface area (Å²) in [5, 5.41) is 0. The van der Waals surface area contributed by atoms with Crippen molar-refractivity contribution >= 4 is 16.8 Å². The first-order valence-corrected chi connectivity index (χ1v) is 3.98. The zero-order valence-corrected chi connectivity index (χ0v) is 7.47. The first-order chi connectivity index (χ1) is 6.09. The van der Waals surface area contributed by atoms with Crippen LogP contribution >= 0.6 is 0 Å². The monoisotopic (exact) mass is 178 g/mol. The van der Waals surface area contributed by atoms with Crippen LogP contribution in [0.25, 0.3) is 11.1 Å². The molecule has 0 aliphatic heterocycles. The molecule has 0 aliphatic carbocycles. The fraction of sp³-hybridized carbons (Fsp3) is 0.222. The number of nitrogen functional groups attached to an aromatic ring is 1. The minimum absolute atomic E-state index is 0.461. The summed E-state index contributed by atoms with van der Waals surface area (Å²) in [6.07, 6.45) is 0. The molecule has 0 radical (unpaired) electrons. The van der Waals surface area contributed by atoms with Crippen LogP contribution in [-0.4, -0.2) is 4.98 Å². The van der Waals surface area contributed by atoms with Gasteiger partial charge >= 0.3 is 5.76 Å². The first kappa shape index (κ1) is 7.91. The molecular weight excluding hydrogens is 168 g/mol. The van der Waals surface area contributed by atoms with Crippen LogP contribution in [0.3, 0.4) is 0 Å². The van der Waals surface area contributed by atoms with E-state index in [-0.39, 0.29) is 0 Å². The average Bonchev–Trinajstić information content (AvgIpc) is 2.44. The largest absolute Gasteiger partial charge is 0.417 e. The molecule has 68 valence electrons. The lowest BCUT2D eigenvalue weighted by molar-refractivity contribution is 0.556. The van der Waals surface area contributed by atoms with Crippen molar-refractivity contribution in [2.45, 2.75) is 13.8 Å². The third-order valence-electron chi connectivity index (χ3n) is 2.15. The van der Waals surface area contributed by atoms with E-state index < -0.39 is 5.76 Å². The Bertz CT molecular complexity index is 522. The molecule has 1 heterocycles. The second-order valence-electron chi connectivity index (χ2n) is 3.14. The van der Waals surface area contributed by atoms with Gasteiger partial charge in [-0.1, -0.05) is 6.07 Å². The van der Waals surface area contributed by atoms with Gasteiger partial charge in [0.05, 0.1) is 11.2 Å². The van der Waals surface area contributed by atoms with Gasteiger partial charge in [-0.3, -0.25) is 4.98 Å². The predicted molar refractivity (Wildman–Crippen MR) is 50.7 cm³/mol. The SMILES string of the molecule is Cc1cc(C)c2[nH]c(=O)oc2c1N. The second-order valence-corrected chi connectivity index (χ2v) is 3.14. The van der Waals surface area contributed by atoms with Gasteiger partial charge in [-0.15, -0.1) is 0 Å². The van der Waals surface area contributed by atoms with Gasteiger partial charge in [0.2, 0.25) is 0 Å². The Labute approximate surface area is 74.4 Å². The Morgan fingerprint density at radius 1 is 1.38 bits per heavy atom. The Hall–Kier alpha value is -1.71. The minimum atomic E-state index is -0.463. The maximum Gasteiger partial charge on any atom is 0.417 e. The zero-order valence-electron chi connectivity index (χ0n) is 7.47. The van der Waals surface area contributed by atoms with Gasteiger partial charge in [0.25, 0.3) is 0 Å². The first-order valence-electron chi connectivity index (χ1n) is 3.98. The predicted octanol–water partition coefficient (Wildman–Crippen LogP) is 1.32. The highest BCUT2D eigenvalue weighted by molar-refractivity contribution is 5.88. The Balaban J connectivity index is 3.04. The molecular formula is C9H10N2O2. The molecule has 0 amide bonds. The van der Waals surface area contributed by atoms with Gasteiger partial charge in [0.15, 0.2) is 5.58 Å². The molecule has 0 fully saturated rings. The fourth-order valence-corrected chi connectivity index (χ4v) is 1.45. The maximum atomic E-state index is 10.9. The van der Waals surface area contributed by atoms with Crippen molar-refractivity contribution in [2.24, 2.45) is 0 Å². The summed E-state index contributed by atoms with van der Waals surface area (Å²) in [6, 6.07) is 1.92. The number of nitrogens with one attached hydrogen (secondary N) is 1. The van der Waals surface area contributed by atoms with Gasteiger partial charge < -0.3 is 10.2 Å². The van der Waals surface area contributed by atoms with E-state index in [0.29, 0.717) is 16.8 Å². The summed E-state index contributed by atoms with van der Waals surface area (Å²) in [6.45, 7) is 3.79. The third kappa shape index (κ3) is 1.02. The van der Waals surface area contributed by atoms with E-state index in [9.17, 15) is 4.79 Å². The van der Waals surface area contributed by atoms with Crippen molar-refractivity contribution < 1.29 is 4.42 Å². The summed E-state index contributed by atoms with van der Waals surface area (Å²) < 4.78 is 4.92. The number of oxazole rings is 1. The third-order valence-corrected chi connectivity index (χ3v) is 2.15. The van der Waals surface area contributed by atoms with E-state index >= 15 is 0 Å². The van der Waals surface area contributed by atoms with Crippen LogP contribution in [0.2, 0.25) is 0 Å². The molecule has 1 aromatic carbocycles. The number of anilines is 1. The average molecular weight is 178 g/mol. The van der Waals surface area contributed by atoms with Gasteiger partial charge in [-0.2, -0.15) is 0 Å². The summed E-state index contributed by atoms with van der Waals surface area (Å²) in [7, 11) is 0. The molecule has 2 aromatic rings. The van der Waals surface area contributed by atoms with Crippen LogP contribution in [0.4, 0.5) is 5.69 Å². The molecule has 4 heteroatoms. The number of H-pyrrole nitrogens is 1. The van der Waals surface area contributed by atoms with E-state index in [4.69, 9.17) is 10.2 Å². The van der Waals surface area contributed by atoms with Crippen LogP contribution < -0.4 is 11.5 Å². The number of hydrogen-bond acceptors (Lipinski definition) is 3. The molecule has 1 aromatic heterocycles. The molecule has 0 unspecified atom stereocenters. The van der Waals surface area contributed by atoms with Crippen molar-refractivity contribution in [2.75, 3.05) is 5.73 Å². The van der Waals surface area contributed by atoms with Crippen molar-refractivity contribution in [1.82, 2.24) is 4.98 Å². The molecule has 4 nitrogen and oxygen atoms in total. The minimum Gasteiger partial charge on any atom is -0.406 e. The lowest BCUT2D eigenvalue weighted by Crippen LogP contribution is -1.93. The number of benzene rings is 1. The van der Waals surface area contributed by atoms with Gasteiger partial charge in [-0.05, 0) is 25.0 Å². The highest BCUT2D eigenvalue weighted by Gasteiger charge is 2.09. The van der Waals surface area contributed by atoms with Crippen molar-refractivity contribution in [3.8, 4) is 0 Å². The lowest BCUT2D eigenvalue weighted by atomic mass is 10.1.